The van der Waals surface area contributed by atoms with Crippen LogP contribution in [0.3, 0.4) is 0 Å². The van der Waals surface area contributed by atoms with Crippen molar-refractivity contribution in [2.24, 2.45) is 35.0 Å². The Bertz CT molecular complexity index is 244. The second kappa shape index (κ2) is 2.77. The number of hydrogen-bond donors (Lipinski definition) is 0. The van der Waals surface area contributed by atoms with E-state index in [2.05, 4.69) is 20.8 Å². The monoisotopic (exact) mass is 192 g/mol. The normalized spacial score (nSPS) is 56.8. The maximum Gasteiger partial charge on any atom is -0.0210 e. The van der Waals surface area contributed by atoms with Crippen LogP contribution in [-0.2, 0) is 0 Å². The van der Waals surface area contributed by atoms with Crippen molar-refractivity contribution in [1.82, 2.24) is 0 Å². The Hall–Kier alpha value is 0. The summed E-state index contributed by atoms with van der Waals surface area (Å²) in [6.07, 6.45) is 7.66. The summed E-state index contributed by atoms with van der Waals surface area (Å²) in [5.74, 6) is 5.48. The van der Waals surface area contributed by atoms with E-state index in [0.717, 1.165) is 35.0 Å². The minimum atomic E-state index is 0.806. The van der Waals surface area contributed by atoms with E-state index in [9.17, 15) is 0 Å². The fourth-order valence-corrected chi connectivity index (χ4v) is 5.65. The van der Waals surface area contributed by atoms with Gasteiger partial charge in [0.2, 0.25) is 0 Å². The highest BCUT2D eigenvalue weighted by Gasteiger charge is 2.68. The first-order chi connectivity index (χ1) is 6.71. The quantitative estimate of drug-likeness (QED) is 0.618. The third-order valence-corrected chi connectivity index (χ3v) is 6.43. The molecule has 3 aliphatic carbocycles. The first-order valence-corrected chi connectivity index (χ1v) is 6.71. The SMILES string of the molecule is CCC(C)C12CCC3CCC(C1C)C32. The fraction of sp³-hybridized carbons (Fsp3) is 1.00. The van der Waals surface area contributed by atoms with Crippen LogP contribution in [0, 0.1) is 35.0 Å². The Kier molecular flexibility index (Phi) is 1.83. The molecule has 3 aliphatic rings. The summed E-state index contributed by atoms with van der Waals surface area (Å²) >= 11 is 0. The van der Waals surface area contributed by atoms with E-state index in [1.54, 1.807) is 25.7 Å². The Labute approximate surface area is 88.5 Å². The van der Waals surface area contributed by atoms with Gasteiger partial charge in [-0.1, -0.05) is 27.2 Å². The lowest BCUT2D eigenvalue weighted by Crippen LogP contribution is -2.55. The molecule has 14 heavy (non-hydrogen) atoms. The van der Waals surface area contributed by atoms with Gasteiger partial charge in [-0.15, -0.1) is 0 Å². The molecule has 0 radical (unpaired) electrons. The summed E-state index contributed by atoms with van der Waals surface area (Å²) < 4.78 is 0. The van der Waals surface area contributed by atoms with E-state index < -0.39 is 0 Å². The molecule has 0 aromatic rings. The molecule has 3 saturated carbocycles. The minimum absolute atomic E-state index is 0.806. The lowest BCUT2D eigenvalue weighted by molar-refractivity contribution is -0.123. The molecule has 80 valence electrons. The Balaban J connectivity index is 1.93. The zero-order chi connectivity index (χ0) is 9.92. The Morgan fingerprint density at radius 2 is 2.07 bits per heavy atom. The van der Waals surface area contributed by atoms with Gasteiger partial charge in [0.1, 0.15) is 0 Å². The van der Waals surface area contributed by atoms with E-state index in [1.165, 1.54) is 6.42 Å². The van der Waals surface area contributed by atoms with Crippen LogP contribution >= 0.6 is 0 Å². The Morgan fingerprint density at radius 3 is 2.79 bits per heavy atom. The maximum absolute atomic E-state index is 2.56. The molecule has 0 nitrogen and oxygen atoms in total. The molecule has 0 heteroatoms. The van der Waals surface area contributed by atoms with Gasteiger partial charge in [0.15, 0.2) is 0 Å². The highest BCUT2D eigenvalue weighted by molar-refractivity contribution is 5.16. The number of hydrogen-bond acceptors (Lipinski definition) is 0. The second-order valence-electron chi connectivity index (χ2n) is 6.28. The summed E-state index contributed by atoms with van der Waals surface area (Å²) in [7, 11) is 0. The first-order valence-electron chi connectivity index (χ1n) is 6.71. The molecule has 6 unspecified atom stereocenters. The topological polar surface area (TPSA) is 0 Å². The van der Waals surface area contributed by atoms with Gasteiger partial charge in [0.25, 0.3) is 0 Å². The van der Waals surface area contributed by atoms with Crippen molar-refractivity contribution in [3.63, 3.8) is 0 Å². The van der Waals surface area contributed by atoms with Crippen LogP contribution in [0.5, 0.6) is 0 Å². The molecule has 3 rings (SSSR count). The smallest absolute Gasteiger partial charge is 0.0210 e. The Morgan fingerprint density at radius 1 is 1.29 bits per heavy atom. The van der Waals surface area contributed by atoms with Crippen LogP contribution in [0.25, 0.3) is 0 Å². The molecular weight excluding hydrogens is 168 g/mol. The molecule has 3 fully saturated rings. The van der Waals surface area contributed by atoms with Crippen LogP contribution in [0.1, 0.15) is 52.9 Å². The molecule has 0 heterocycles. The van der Waals surface area contributed by atoms with Gasteiger partial charge in [0.05, 0.1) is 0 Å². The molecular formula is C14H24. The summed E-state index contributed by atoms with van der Waals surface area (Å²) in [4.78, 5) is 0. The molecule has 0 aromatic heterocycles. The third kappa shape index (κ3) is 0.785. The van der Waals surface area contributed by atoms with Gasteiger partial charge in [-0.3, -0.25) is 0 Å². The lowest BCUT2D eigenvalue weighted by atomic mass is 9.45. The van der Waals surface area contributed by atoms with E-state index >= 15 is 0 Å². The summed E-state index contributed by atoms with van der Waals surface area (Å²) in [5, 5.41) is 0. The van der Waals surface area contributed by atoms with Crippen molar-refractivity contribution in [2.75, 3.05) is 0 Å². The van der Waals surface area contributed by atoms with Gasteiger partial charge in [-0.05, 0) is 60.7 Å². The van der Waals surface area contributed by atoms with Crippen LogP contribution in [0.15, 0.2) is 0 Å². The molecule has 0 saturated heterocycles. The average Bonchev–Trinajstić information content (AvgIpc) is 2.69. The summed E-state index contributed by atoms with van der Waals surface area (Å²) in [5.41, 5.74) is 0.806. The lowest BCUT2D eigenvalue weighted by Gasteiger charge is -2.60. The predicted molar refractivity (Wildman–Crippen MR) is 60.0 cm³/mol. The van der Waals surface area contributed by atoms with E-state index in [1.807, 2.05) is 0 Å². The van der Waals surface area contributed by atoms with E-state index in [0.29, 0.717) is 0 Å². The summed E-state index contributed by atoms with van der Waals surface area (Å²) in [6.45, 7) is 7.47. The second-order valence-corrected chi connectivity index (χ2v) is 6.28. The van der Waals surface area contributed by atoms with Gasteiger partial charge < -0.3 is 0 Å². The van der Waals surface area contributed by atoms with E-state index in [4.69, 9.17) is 0 Å². The molecule has 0 spiro atoms. The van der Waals surface area contributed by atoms with Crippen molar-refractivity contribution >= 4 is 0 Å². The highest BCUT2D eigenvalue weighted by atomic mass is 14.7. The first kappa shape index (κ1) is 9.24. The van der Waals surface area contributed by atoms with Crippen molar-refractivity contribution in [3.05, 3.63) is 0 Å². The fourth-order valence-electron chi connectivity index (χ4n) is 5.65. The zero-order valence-corrected chi connectivity index (χ0v) is 9.92. The van der Waals surface area contributed by atoms with Crippen LogP contribution < -0.4 is 0 Å². The predicted octanol–water partition coefficient (Wildman–Crippen LogP) is 4.10. The van der Waals surface area contributed by atoms with Crippen LogP contribution in [-0.4, -0.2) is 0 Å². The van der Waals surface area contributed by atoms with Crippen molar-refractivity contribution in [3.8, 4) is 0 Å². The molecule has 0 amide bonds. The maximum atomic E-state index is 2.56. The largest absolute Gasteiger partial charge is 0.0651 e. The minimum Gasteiger partial charge on any atom is -0.0651 e. The zero-order valence-electron chi connectivity index (χ0n) is 9.92. The van der Waals surface area contributed by atoms with Crippen molar-refractivity contribution in [1.29, 1.82) is 0 Å². The standard InChI is InChI=1S/C14H24/c1-4-9(2)14-8-7-11-5-6-12(10(14)3)13(11)14/h9-13H,4-8H2,1-3H3. The van der Waals surface area contributed by atoms with E-state index in [-0.39, 0.29) is 0 Å². The molecule has 0 bridgehead atoms. The van der Waals surface area contributed by atoms with Gasteiger partial charge in [-0.25, -0.2) is 0 Å². The van der Waals surface area contributed by atoms with Crippen LogP contribution in [0.4, 0.5) is 0 Å². The molecule has 6 atom stereocenters. The van der Waals surface area contributed by atoms with Crippen molar-refractivity contribution < 1.29 is 0 Å². The average molecular weight is 192 g/mol. The van der Waals surface area contributed by atoms with Crippen LogP contribution in [0.2, 0.25) is 0 Å². The molecule has 0 aromatic carbocycles. The number of rotatable bonds is 2. The van der Waals surface area contributed by atoms with Crippen molar-refractivity contribution in [2.45, 2.75) is 52.9 Å². The molecule has 0 aliphatic heterocycles. The molecule has 0 N–H and O–H groups in total. The third-order valence-electron chi connectivity index (χ3n) is 6.43. The van der Waals surface area contributed by atoms with Gasteiger partial charge in [0, 0.05) is 0 Å². The highest BCUT2D eigenvalue weighted by Crippen LogP contribution is 2.74. The van der Waals surface area contributed by atoms with Gasteiger partial charge in [-0.2, -0.15) is 0 Å². The summed E-state index contributed by atoms with van der Waals surface area (Å²) in [6, 6.07) is 0. The van der Waals surface area contributed by atoms with Gasteiger partial charge >= 0.3 is 0 Å².